The Bertz CT molecular complexity index is 1250. The molecule has 1 aliphatic rings. The van der Waals surface area contributed by atoms with E-state index in [4.69, 9.17) is 9.47 Å². The Kier molecular flexibility index (Phi) is 8.31. The van der Waals surface area contributed by atoms with Gasteiger partial charge in [0.15, 0.2) is 5.78 Å². The molecule has 1 unspecified atom stereocenters. The lowest BCUT2D eigenvalue weighted by molar-refractivity contribution is -0.137. The molecule has 12 heteroatoms. The predicted molar refractivity (Wildman–Crippen MR) is 124 cm³/mol. The van der Waals surface area contributed by atoms with Crippen LogP contribution in [0.25, 0.3) is 0 Å². The molecule has 0 N–H and O–H groups in total. The van der Waals surface area contributed by atoms with Gasteiger partial charge in [0.05, 0.1) is 30.2 Å². The van der Waals surface area contributed by atoms with Crippen molar-refractivity contribution >= 4 is 21.8 Å². The molecule has 0 spiro atoms. The van der Waals surface area contributed by atoms with E-state index < -0.39 is 51.1 Å². The summed E-state index contributed by atoms with van der Waals surface area (Å²) in [5.74, 6) is -1.22. The van der Waals surface area contributed by atoms with Crippen LogP contribution >= 0.6 is 0 Å². The van der Waals surface area contributed by atoms with Gasteiger partial charge in [0, 0.05) is 31.0 Å². The molecule has 0 radical (unpaired) electrons. The van der Waals surface area contributed by atoms with Gasteiger partial charge in [-0.05, 0) is 57.4 Å². The number of hydrogen-bond donors (Lipinski definition) is 0. The van der Waals surface area contributed by atoms with Crippen LogP contribution in [0.15, 0.2) is 29.2 Å². The maximum absolute atomic E-state index is 13.5. The van der Waals surface area contributed by atoms with Crippen LogP contribution in [-0.2, 0) is 32.2 Å². The van der Waals surface area contributed by atoms with Crippen LogP contribution in [0.2, 0.25) is 0 Å². The third-order valence-electron chi connectivity index (χ3n) is 6.29. The predicted octanol–water partition coefficient (Wildman–Crippen LogP) is 3.98. The van der Waals surface area contributed by atoms with E-state index in [1.165, 1.54) is 7.11 Å². The largest absolute Gasteiger partial charge is 0.464 e. The van der Waals surface area contributed by atoms with Crippen molar-refractivity contribution in [3.05, 3.63) is 52.3 Å². The summed E-state index contributed by atoms with van der Waals surface area (Å²) in [6.07, 6.45) is -3.97. The quantitative estimate of drug-likeness (QED) is 0.360. The molecule has 0 saturated carbocycles. The molecule has 0 aliphatic carbocycles. The molecule has 3 rings (SSSR count). The molecular weight excluding hydrogens is 501 g/mol. The zero-order valence-corrected chi connectivity index (χ0v) is 21.3. The number of methoxy groups -OCH3 is 1. The Balaban J connectivity index is 2.03. The van der Waals surface area contributed by atoms with Crippen LogP contribution in [0, 0.1) is 13.8 Å². The van der Waals surface area contributed by atoms with Crippen LogP contribution in [-0.4, -0.2) is 62.0 Å². The van der Waals surface area contributed by atoms with Crippen LogP contribution in [0.5, 0.6) is 0 Å². The van der Waals surface area contributed by atoms with E-state index >= 15 is 0 Å². The highest BCUT2D eigenvalue weighted by molar-refractivity contribution is 7.89. The maximum Gasteiger partial charge on any atom is 0.416 e. The van der Waals surface area contributed by atoms with E-state index in [0.717, 1.165) is 22.5 Å². The summed E-state index contributed by atoms with van der Waals surface area (Å²) >= 11 is 0. The molecular formula is C24H29F3N2O6S. The fraction of sp³-hybridized carbons (Fsp3) is 0.500. The van der Waals surface area contributed by atoms with E-state index in [1.54, 1.807) is 25.3 Å². The Hall–Kier alpha value is -2.70. The maximum atomic E-state index is 13.5. The van der Waals surface area contributed by atoms with Crippen molar-refractivity contribution in [3.8, 4) is 0 Å². The second kappa shape index (κ2) is 10.7. The zero-order valence-electron chi connectivity index (χ0n) is 20.5. The Labute approximate surface area is 208 Å². The summed E-state index contributed by atoms with van der Waals surface area (Å²) in [6.45, 7) is 4.97. The summed E-state index contributed by atoms with van der Waals surface area (Å²) in [7, 11) is -3.28. The molecule has 1 aliphatic heterocycles. The van der Waals surface area contributed by atoms with Crippen molar-refractivity contribution < 1.29 is 40.7 Å². The summed E-state index contributed by atoms with van der Waals surface area (Å²) in [4.78, 5) is 25.2. The number of sulfonamides is 1. The molecule has 0 bridgehead atoms. The Morgan fingerprint density at radius 1 is 1.25 bits per heavy atom. The van der Waals surface area contributed by atoms with Gasteiger partial charge >= 0.3 is 12.1 Å². The monoisotopic (exact) mass is 530 g/mol. The first kappa shape index (κ1) is 27.9. The SMILES string of the molecule is CCn1c(C)c(C(=O)CN(CC2CCCO2)S(=O)(=O)c2cccc(C(F)(F)F)c2)c(C)c1C(=O)OC. The minimum atomic E-state index is -4.73. The average molecular weight is 531 g/mol. The standard InChI is InChI=1S/C24H29F3N2O6S/c1-5-29-16(3)21(15(2)22(29)23(31)34-4)20(30)14-28(13-18-9-7-11-35-18)36(32,33)19-10-6-8-17(12-19)24(25,26)27/h6,8,10,12,18H,5,7,9,11,13-14H2,1-4H3. The first-order chi connectivity index (χ1) is 16.8. The van der Waals surface area contributed by atoms with E-state index in [2.05, 4.69) is 0 Å². The first-order valence-electron chi connectivity index (χ1n) is 11.4. The van der Waals surface area contributed by atoms with Crippen molar-refractivity contribution in [2.75, 3.05) is 26.8 Å². The average Bonchev–Trinajstić information content (AvgIpc) is 3.42. The molecule has 2 heterocycles. The minimum Gasteiger partial charge on any atom is -0.464 e. The number of nitrogens with zero attached hydrogens (tertiary/aromatic N) is 2. The molecule has 8 nitrogen and oxygen atoms in total. The van der Waals surface area contributed by atoms with Crippen molar-refractivity contribution in [1.29, 1.82) is 0 Å². The third kappa shape index (κ3) is 5.50. The fourth-order valence-electron chi connectivity index (χ4n) is 4.55. The smallest absolute Gasteiger partial charge is 0.416 e. The highest BCUT2D eigenvalue weighted by atomic mass is 32.2. The number of ether oxygens (including phenoxy) is 2. The van der Waals surface area contributed by atoms with Gasteiger partial charge in [0.2, 0.25) is 10.0 Å². The van der Waals surface area contributed by atoms with Gasteiger partial charge in [-0.15, -0.1) is 0 Å². The van der Waals surface area contributed by atoms with Gasteiger partial charge in [-0.25, -0.2) is 13.2 Å². The molecule has 198 valence electrons. The van der Waals surface area contributed by atoms with Gasteiger partial charge in [-0.1, -0.05) is 6.07 Å². The van der Waals surface area contributed by atoms with Crippen molar-refractivity contribution in [1.82, 2.24) is 8.87 Å². The molecule has 1 fully saturated rings. The van der Waals surface area contributed by atoms with Gasteiger partial charge in [0.1, 0.15) is 5.69 Å². The van der Waals surface area contributed by atoms with Crippen molar-refractivity contribution in [2.24, 2.45) is 0 Å². The second-order valence-corrected chi connectivity index (χ2v) is 10.5. The number of halogens is 3. The van der Waals surface area contributed by atoms with Gasteiger partial charge in [-0.2, -0.15) is 17.5 Å². The van der Waals surface area contributed by atoms with Crippen molar-refractivity contribution in [2.45, 2.75) is 57.3 Å². The number of aromatic nitrogens is 1. The number of benzene rings is 1. The lowest BCUT2D eigenvalue weighted by Gasteiger charge is -2.25. The fourth-order valence-corrected chi connectivity index (χ4v) is 6.02. The van der Waals surface area contributed by atoms with E-state index in [-0.39, 0.29) is 17.8 Å². The molecule has 1 aromatic carbocycles. The number of Topliss-reactive ketones (excluding diaryl/α,β-unsaturated/α-hetero) is 1. The van der Waals surface area contributed by atoms with E-state index in [9.17, 15) is 31.2 Å². The van der Waals surface area contributed by atoms with Crippen molar-refractivity contribution in [3.63, 3.8) is 0 Å². The molecule has 1 atom stereocenters. The minimum absolute atomic E-state index is 0.175. The highest BCUT2D eigenvalue weighted by Gasteiger charge is 2.36. The highest BCUT2D eigenvalue weighted by Crippen LogP contribution is 2.32. The van der Waals surface area contributed by atoms with E-state index in [1.807, 2.05) is 0 Å². The number of alkyl halides is 3. The van der Waals surface area contributed by atoms with Crippen LogP contribution in [0.3, 0.4) is 0 Å². The first-order valence-corrected chi connectivity index (χ1v) is 12.9. The topological polar surface area (TPSA) is 94.9 Å². The summed E-state index contributed by atoms with van der Waals surface area (Å²) in [5, 5.41) is 0. The Morgan fingerprint density at radius 2 is 1.94 bits per heavy atom. The number of ketones is 1. The van der Waals surface area contributed by atoms with Gasteiger partial charge in [-0.3, -0.25) is 4.79 Å². The number of rotatable bonds is 9. The Morgan fingerprint density at radius 3 is 2.50 bits per heavy atom. The number of carbonyl (C=O) groups is 2. The summed E-state index contributed by atoms with van der Waals surface area (Å²) in [5.41, 5.74) is 0.0659. The molecule has 1 saturated heterocycles. The lowest BCUT2D eigenvalue weighted by Crippen LogP contribution is -2.41. The van der Waals surface area contributed by atoms with Crippen LogP contribution < -0.4 is 0 Å². The van der Waals surface area contributed by atoms with Crippen LogP contribution in [0.1, 0.15) is 57.4 Å². The molecule has 0 amide bonds. The lowest BCUT2D eigenvalue weighted by atomic mass is 10.1. The third-order valence-corrected chi connectivity index (χ3v) is 8.10. The van der Waals surface area contributed by atoms with Crippen LogP contribution in [0.4, 0.5) is 13.2 Å². The second-order valence-electron chi connectivity index (χ2n) is 8.55. The molecule has 1 aromatic heterocycles. The summed E-state index contributed by atoms with van der Waals surface area (Å²) < 4.78 is 79.6. The number of hydrogen-bond acceptors (Lipinski definition) is 6. The zero-order chi connectivity index (χ0) is 26.8. The van der Waals surface area contributed by atoms with E-state index in [0.29, 0.717) is 43.3 Å². The number of carbonyl (C=O) groups excluding carboxylic acids is 2. The van der Waals surface area contributed by atoms with Gasteiger partial charge in [0.25, 0.3) is 0 Å². The number of esters is 1. The molecule has 2 aromatic rings. The normalized spacial score (nSPS) is 16.5. The summed E-state index contributed by atoms with van der Waals surface area (Å²) in [6, 6.07) is 3.42. The molecule has 36 heavy (non-hydrogen) atoms. The van der Waals surface area contributed by atoms with Gasteiger partial charge < -0.3 is 14.0 Å².